The number of carbonyl (C=O) groups excluding carboxylic acids is 6. The molecule has 3 aliphatic rings. The number of Topliss-reactive ketones (excluding diaryl/α,β-unsaturated/α-hetero) is 1. The minimum Gasteiger partial charge on any atom is -0.493 e. The van der Waals surface area contributed by atoms with E-state index >= 15 is 0 Å². The number of rotatable bonds is 27. The molecule has 428 valence electrons. The molecular weight excluding hydrogens is 1030 g/mol. The first-order valence-electron chi connectivity index (χ1n) is 27.8. The van der Waals surface area contributed by atoms with E-state index in [1.54, 1.807) is 13.0 Å². The minimum atomic E-state index is -2.54. The first-order chi connectivity index (χ1) is 37.8. The van der Waals surface area contributed by atoms with Crippen molar-refractivity contribution in [1.82, 2.24) is 41.1 Å². The van der Waals surface area contributed by atoms with Gasteiger partial charge in [0, 0.05) is 77.0 Å². The van der Waals surface area contributed by atoms with Crippen LogP contribution in [0, 0.1) is 17.8 Å². The number of esters is 1. The van der Waals surface area contributed by atoms with Gasteiger partial charge in [-0.05, 0) is 143 Å². The number of hydrogen-bond donors (Lipinski definition) is 5. The highest BCUT2D eigenvalue weighted by Gasteiger charge is 2.45. The number of aliphatic hydroxyl groups is 1. The van der Waals surface area contributed by atoms with Gasteiger partial charge < -0.3 is 45.5 Å². The number of benzene rings is 1. The van der Waals surface area contributed by atoms with Crippen molar-refractivity contribution in [1.29, 1.82) is 0 Å². The van der Waals surface area contributed by atoms with Crippen LogP contribution in [0.1, 0.15) is 140 Å². The second kappa shape index (κ2) is 29.1. The van der Waals surface area contributed by atoms with Crippen LogP contribution in [0.3, 0.4) is 0 Å². The summed E-state index contributed by atoms with van der Waals surface area (Å²) in [7, 11) is -2.54. The third-order valence-corrected chi connectivity index (χ3v) is 15.3. The summed E-state index contributed by atoms with van der Waals surface area (Å²) in [6.45, 7) is 14.4. The average molecular weight is 1110 g/mol. The van der Waals surface area contributed by atoms with Crippen molar-refractivity contribution in [2.45, 2.75) is 154 Å². The van der Waals surface area contributed by atoms with Crippen molar-refractivity contribution in [3.8, 4) is 17.6 Å². The Balaban J connectivity index is 1.04. The number of fused-ring (bicyclic) bond motifs is 3. The zero-order valence-corrected chi connectivity index (χ0v) is 47.9. The zero-order chi connectivity index (χ0) is 57.3. The Morgan fingerprint density at radius 3 is 2.38 bits per heavy atom. The summed E-state index contributed by atoms with van der Waals surface area (Å²) in [4.78, 5) is 96.2. The molecule has 4 atom stereocenters. The van der Waals surface area contributed by atoms with Crippen LogP contribution in [0.15, 0.2) is 46.9 Å². The number of nitrogens with one attached hydrogen (secondary N) is 4. The molecule has 0 spiro atoms. The van der Waals surface area contributed by atoms with Gasteiger partial charge in [-0.25, -0.2) is 19.7 Å². The van der Waals surface area contributed by atoms with E-state index in [-0.39, 0.29) is 79.7 Å². The van der Waals surface area contributed by atoms with Crippen molar-refractivity contribution >= 4 is 67.2 Å². The highest BCUT2D eigenvalue weighted by atomic mass is 32.2. The van der Waals surface area contributed by atoms with Crippen LogP contribution in [-0.2, 0) is 67.0 Å². The lowest BCUT2D eigenvalue weighted by atomic mass is 9.83. The van der Waals surface area contributed by atoms with Crippen molar-refractivity contribution in [2.24, 2.45) is 5.92 Å². The van der Waals surface area contributed by atoms with Crippen LogP contribution in [0.4, 0.5) is 0 Å². The predicted octanol–water partition coefficient (Wildman–Crippen LogP) is 4.86. The molecule has 2 unspecified atom stereocenters. The molecule has 2 aromatic heterocycles. The van der Waals surface area contributed by atoms with E-state index in [2.05, 4.69) is 67.7 Å². The molecule has 5 N–H and O–H groups in total. The second-order valence-corrected chi connectivity index (χ2v) is 23.4. The number of nitrogens with zero attached hydrogens (tertiary/aromatic N) is 4. The summed E-state index contributed by atoms with van der Waals surface area (Å²) >= 11 is 0. The van der Waals surface area contributed by atoms with Gasteiger partial charge >= 0.3 is 5.97 Å². The maximum absolute atomic E-state index is 13.8. The Hall–Kier alpha value is -6.53. The maximum atomic E-state index is 13.8. The van der Waals surface area contributed by atoms with E-state index in [9.17, 15) is 38.1 Å². The van der Waals surface area contributed by atoms with Gasteiger partial charge in [0.15, 0.2) is 11.4 Å². The Labute approximate surface area is 465 Å². The van der Waals surface area contributed by atoms with E-state index in [4.69, 9.17) is 19.2 Å². The van der Waals surface area contributed by atoms with Gasteiger partial charge in [-0.2, -0.15) is 0 Å². The molecular formula is C59H80N8O11S. The Bertz CT molecular complexity index is 2960. The first kappa shape index (κ1) is 61.7. The molecule has 4 heterocycles. The summed E-state index contributed by atoms with van der Waals surface area (Å²) in [6.07, 6.45) is 13.2. The number of aromatic nitrogens is 3. The first-order valence-corrected chi connectivity index (χ1v) is 29.9. The number of ether oxygens (including phenoxy) is 3. The topological polar surface area (TPSA) is 257 Å². The second-order valence-electron chi connectivity index (χ2n) is 21.0. The number of hydrogen-bond acceptors (Lipinski definition) is 15. The van der Waals surface area contributed by atoms with E-state index in [0.717, 1.165) is 78.7 Å². The number of amides is 4. The molecule has 1 aromatic carbocycles. The Morgan fingerprint density at radius 2 is 1.68 bits per heavy atom. The van der Waals surface area contributed by atoms with Gasteiger partial charge in [-0.15, -0.1) is 0 Å². The Morgan fingerprint density at radius 1 is 0.937 bits per heavy atom. The number of ketones is 1. The van der Waals surface area contributed by atoms with Gasteiger partial charge in [0.2, 0.25) is 28.8 Å². The minimum absolute atomic E-state index is 0.0351. The quantitative estimate of drug-likeness (QED) is 0.0171. The maximum Gasteiger partial charge on any atom is 0.343 e. The van der Waals surface area contributed by atoms with Crippen LogP contribution in [0.2, 0.25) is 0 Å². The Kier molecular flexibility index (Phi) is 22.7. The van der Waals surface area contributed by atoms with Gasteiger partial charge in [0.05, 0.1) is 29.9 Å². The lowest BCUT2D eigenvalue weighted by Crippen LogP contribution is -2.56. The lowest BCUT2D eigenvalue weighted by molar-refractivity contribution is -0.163. The van der Waals surface area contributed by atoms with Gasteiger partial charge in [-0.1, -0.05) is 46.5 Å². The highest BCUT2D eigenvalue weighted by molar-refractivity contribution is 7.99. The fourth-order valence-electron chi connectivity index (χ4n) is 10.0. The van der Waals surface area contributed by atoms with Gasteiger partial charge in [0.1, 0.15) is 31.2 Å². The van der Waals surface area contributed by atoms with Gasteiger partial charge in [0.25, 0.3) is 0 Å². The number of allylic oxidation sites excluding steroid dienone is 1. The van der Waals surface area contributed by atoms with Crippen molar-refractivity contribution in [3.63, 3.8) is 0 Å². The summed E-state index contributed by atoms with van der Waals surface area (Å²) in [5.74, 6) is 7.14. The SMILES string of the molecule is C=S(C)(=O)c1ncc(C#CCCCC(=O)NC(C(=O)N[C@@H](CCCCN(CCC)CCC)C(=O)NCC(=O)NCOCCCc2c3c(nc4cc5c(cc24)OCC5)/C(C)=C/C2=C(COC(=O)[C@]2(O)CC)C(=O)CC3)C(C)C)cn1. The largest absolute Gasteiger partial charge is 0.493 e. The molecule has 79 heavy (non-hydrogen) atoms. The third kappa shape index (κ3) is 16.8. The van der Waals surface area contributed by atoms with Crippen LogP contribution >= 0.6 is 0 Å². The van der Waals surface area contributed by atoms with Crippen LogP contribution in [0.25, 0.3) is 16.5 Å². The molecule has 0 fully saturated rings. The number of carbonyl (C=O) groups is 6. The molecule has 4 amide bonds. The molecule has 20 heteroatoms. The average Bonchev–Trinajstić information content (AvgIpc) is 3.98. The summed E-state index contributed by atoms with van der Waals surface area (Å²) in [5.41, 5.74) is 4.19. The smallest absolute Gasteiger partial charge is 0.343 e. The fraction of sp³-hybridized carbons (Fsp3) is 0.559. The van der Waals surface area contributed by atoms with Crippen molar-refractivity contribution in [3.05, 3.63) is 69.7 Å². The summed E-state index contributed by atoms with van der Waals surface area (Å²) in [6, 6.07) is 2.16. The van der Waals surface area contributed by atoms with Crippen LogP contribution < -0.4 is 26.0 Å². The van der Waals surface area contributed by atoms with Crippen LogP contribution in [0.5, 0.6) is 5.75 Å². The molecule has 3 aromatic rings. The number of pyridine rings is 1. The standard InChI is InChI=1S/C59H80N8O11S/c1-9-25-67(26-10-2)27-16-15-20-47(65-56(72)53(38(4)5)66-51(69)21-14-12-13-18-40-33-61-58(62-34-40)79(7,8)75)55(71)60-35-52(70)63-37-76-28-17-19-42-43-22-23-49(68)45-36-78-57(73)59(74,11-3)46(45)30-39(6)54(43)64-48-31-41-24-29-77-50(41)32-44(42)48/h30-34,38,47,53,74H,7,9-12,14-17,19-29,35-37H2,1-6,8H3,(H,60,71)(H,63,70)(H,65,72)(H,66,69)/b39-30+/t47-,53?,59-,79?/m0/s1. The van der Waals surface area contributed by atoms with E-state index in [1.165, 1.54) is 18.6 Å². The molecule has 0 saturated carbocycles. The highest BCUT2D eigenvalue weighted by Crippen LogP contribution is 2.39. The van der Waals surface area contributed by atoms with E-state index < -0.39 is 50.9 Å². The monoisotopic (exact) mass is 1110 g/mol. The number of unbranched alkanes of at least 4 members (excludes halogenated alkanes) is 2. The summed E-state index contributed by atoms with van der Waals surface area (Å²) in [5, 5.41) is 23.7. The molecule has 6 rings (SSSR count). The number of cyclic esters (lactones) is 1. The molecule has 0 bridgehead atoms. The zero-order valence-electron chi connectivity index (χ0n) is 47.1. The van der Waals surface area contributed by atoms with Gasteiger partial charge in [-0.3, -0.25) is 28.2 Å². The van der Waals surface area contributed by atoms with Crippen molar-refractivity contribution < 1.29 is 52.3 Å². The number of aryl methyl sites for hydroxylation is 1. The molecule has 19 nitrogen and oxygen atoms in total. The van der Waals surface area contributed by atoms with Crippen molar-refractivity contribution in [2.75, 3.05) is 59.0 Å². The lowest BCUT2D eigenvalue weighted by Gasteiger charge is -2.32. The molecule has 0 saturated heterocycles. The van der Waals surface area contributed by atoms with E-state index in [1.807, 2.05) is 32.9 Å². The summed E-state index contributed by atoms with van der Waals surface area (Å²) < 4.78 is 29.3. The van der Waals surface area contributed by atoms with Crippen LogP contribution in [-0.4, -0.2) is 147 Å². The molecule has 1 aliphatic carbocycles. The predicted molar refractivity (Wildman–Crippen MR) is 303 cm³/mol. The third-order valence-electron chi connectivity index (χ3n) is 14.3. The molecule has 0 radical (unpaired) electrons. The normalized spacial score (nSPS) is 18.2. The molecule has 2 aliphatic heterocycles. The van der Waals surface area contributed by atoms with E-state index in [0.29, 0.717) is 68.4 Å². The fourth-order valence-corrected chi connectivity index (χ4v) is 10.6.